The zero-order valence-corrected chi connectivity index (χ0v) is 35.2. The second-order valence-electron chi connectivity index (χ2n) is 15.9. The zero-order valence-electron chi connectivity index (χ0n) is 35.2. The van der Waals surface area contributed by atoms with E-state index in [-0.39, 0.29) is 44.5 Å². The lowest BCUT2D eigenvalue weighted by Gasteiger charge is -2.47. The Morgan fingerprint density at radius 1 is 0.275 bits per heavy atom. The van der Waals surface area contributed by atoms with Gasteiger partial charge in [0, 0.05) is 12.8 Å². The zero-order chi connectivity index (χ0) is 51.0. The smallest absolute Gasteiger partial charge is 0.340 e. The van der Waals surface area contributed by atoms with Crippen LogP contribution >= 0.6 is 0 Å². The molecule has 69 heavy (non-hydrogen) atoms. The van der Waals surface area contributed by atoms with Gasteiger partial charge in [-0.05, 0) is 57.3 Å². The first kappa shape index (κ1) is 52.4. The number of rotatable bonds is 18. The molecule has 0 atom stereocenters. The molecule has 0 saturated heterocycles. The first-order valence-corrected chi connectivity index (χ1v) is 20.5. The van der Waals surface area contributed by atoms with Crippen LogP contribution in [-0.4, -0.2) is 47.9 Å². The summed E-state index contributed by atoms with van der Waals surface area (Å²) in [6.45, 7) is 0. The van der Waals surface area contributed by atoms with E-state index >= 15 is 17.6 Å². The number of hydrogen-bond donors (Lipinski definition) is 0. The lowest BCUT2D eigenvalue weighted by Crippen LogP contribution is -2.60. The van der Waals surface area contributed by atoms with E-state index in [1.165, 1.54) is 158 Å². The van der Waals surface area contributed by atoms with Crippen LogP contribution in [0.1, 0.15) is 57.3 Å². The molecule has 6 aromatic carbocycles. The largest absolute Gasteiger partial charge is 0.460 e. The van der Waals surface area contributed by atoms with Crippen LogP contribution in [0.4, 0.5) is 79.0 Å². The van der Waals surface area contributed by atoms with Crippen LogP contribution in [0.3, 0.4) is 0 Å². The van der Waals surface area contributed by atoms with E-state index in [0.29, 0.717) is 0 Å². The Morgan fingerprint density at radius 3 is 0.754 bits per heavy atom. The molecule has 0 heterocycles. The highest BCUT2D eigenvalue weighted by molar-refractivity contribution is 5.56. The first-order chi connectivity index (χ1) is 32.0. The minimum atomic E-state index is -7.19. The Kier molecular flexibility index (Phi) is 14.2. The molecule has 0 aliphatic heterocycles. The topological polar surface area (TPSA) is 9.23 Å². The number of hydrogen-bond acceptors (Lipinski definition) is 1. The summed E-state index contributed by atoms with van der Waals surface area (Å²) in [5.74, 6) is -40.4. The predicted octanol–water partition coefficient (Wildman–Crippen LogP) is 15.8. The van der Waals surface area contributed by atoms with E-state index in [4.69, 9.17) is 4.74 Å². The maximum atomic E-state index is 15.4. The minimum Gasteiger partial charge on any atom is -0.340 e. The highest BCUT2D eigenvalue weighted by Crippen LogP contribution is 2.58. The number of aryl methyl sites for hydroxylation is 2. The second kappa shape index (κ2) is 18.7. The highest BCUT2D eigenvalue weighted by Gasteiger charge is 2.82. The average Bonchev–Trinajstić information content (AvgIpc) is 3.31. The fraction of sp³-hybridized carbons (Fsp3) is 0.280. The van der Waals surface area contributed by atoms with E-state index < -0.39 is 84.8 Å². The van der Waals surface area contributed by atoms with Gasteiger partial charge >= 0.3 is 47.9 Å². The number of ether oxygens (including phenoxy) is 1. The van der Waals surface area contributed by atoms with Crippen LogP contribution in [0.25, 0.3) is 0 Å². The van der Waals surface area contributed by atoms with Gasteiger partial charge in [-0.2, -0.15) is 79.0 Å². The van der Waals surface area contributed by atoms with Crippen molar-refractivity contribution in [3.8, 4) is 0 Å². The monoisotopic (exact) mass is 994 g/mol. The van der Waals surface area contributed by atoms with Crippen molar-refractivity contribution < 1.29 is 83.8 Å². The van der Waals surface area contributed by atoms with Gasteiger partial charge in [0.15, 0.2) is 0 Å². The van der Waals surface area contributed by atoms with Crippen molar-refractivity contribution in [1.82, 2.24) is 0 Å². The van der Waals surface area contributed by atoms with Gasteiger partial charge in [0.1, 0.15) is 11.2 Å². The maximum Gasteiger partial charge on any atom is 0.460 e. The summed E-state index contributed by atoms with van der Waals surface area (Å²) >= 11 is 0. The van der Waals surface area contributed by atoms with Gasteiger partial charge in [-0.15, -0.1) is 0 Å². The molecule has 368 valence electrons. The molecule has 0 N–H and O–H groups in total. The number of benzene rings is 6. The Balaban J connectivity index is 1.67. The van der Waals surface area contributed by atoms with Crippen molar-refractivity contribution in [1.29, 1.82) is 0 Å². The van der Waals surface area contributed by atoms with Crippen molar-refractivity contribution in [3.63, 3.8) is 0 Å². The second-order valence-corrected chi connectivity index (χ2v) is 15.9. The number of alkyl halides is 18. The molecular weight excluding hydrogens is 959 g/mol. The third-order valence-electron chi connectivity index (χ3n) is 11.7. The third-order valence-corrected chi connectivity index (χ3v) is 11.7. The summed E-state index contributed by atoms with van der Waals surface area (Å²) in [4.78, 5) is 0. The summed E-state index contributed by atoms with van der Waals surface area (Å²) in [7, 11) is 0. The van der Waals surface area contributed by atoms with Crippen LogP contribution < -0.4 is 0 Å². The van der Waals surface area contributed by atoms with Gasteiger partial charge in [0.2, 0.25) is 0 Å². The molecule has 19 heteroatoms. The fourth-order valence-electron chi connectivity index (χ4n) is 8.10. The molecule has 0 amide bonds. The van der Waals surface area contributed by atoms with Gasteiger partial charge in [-0.1, -0.05) is 170 Å². The highest BCUT2D eigenvalue weighted by atomic mass is 19.4. The lowest BCUT2D eigenvalue weighted by atomic mass is 9.73. The third kappa shape index (κ3) is 9.18. The molecule has 6 rings (SSSR count). The summed E-state index contributed by atoms with van der Waals surface area (Å²) in [6, 6.07) is 39.3. The van der Waals surface area contributed by atoms with Crippen LogP contribution in [-0.2, 0) is 28.8 Å². The van der Waals surface area contributed by atoms with E-state index in [9.17, 15) is 61.5 Å². The molecule has 0 radical (unpaired) electrons. The van der Waals surface area contributed by atoms with Crippen molar-refractivity contribution in [2.75, 3.05) is 0 Å². The molecule has 0 aliphatic rings. The van der Waals surface area contributed by atoms with Crippen LogP contribution in [0, 0.1) is 0 Å². The SMILES string of the molecule is FC(F)(F)C(F)(F)C(F)(F)C(F)(F)CCc1ccccc1C(OC(c1ccccc1)(c1ccccc1)c1ccccc1CCC(F)(F)C(F)(F)C(F)(F)C(F)(F)F)(c1ccccc1)c1ccccc1. The standard InChI is InChI=1S/C50H36F18O/c51-41(52,45(55,56)47(59,60)49(63,64)65)31-29-33-17-13-15-27-39(33)43(35-19-5-1-6-20-35,36-21-7-2-8-22-36)69-44(37-23-9-3-10-24-37,38-25-11-4-12-26-38)40-28-16-14-18-34(40)30-32-42(53,54)46(57,58)48(61,62)50(66,67)68/h1-28H,29-32H2. The molecule has 1 nitrogen and oxygen atoms in total. The Bertz CT molecular complexity index is 2370. The average molecular weight is 995 g/mol. The van der Waals surface area contributed by atoms with Crippen LogP contribution in [0.5, 0.6) is 0 Å². The van der Waals surface area contributed by atoms with E-state index in [0.717, 1.165) is 12.1 Å². The summed E-state index contributed by atoms with van der Waals surface area (Å²) in [5.41, 5.74) is -5.53. The van der Waals surface area contributed by atoms with Crippen molar-refractivity contribution in [2.45, 2.75) is 84.8 Å². The van der Waals surface area contributed by atoms with Gasteiger partial charge in [0.05, 0.1) is 0 Å². The minimum absolute atomic E-state index is 0.0821. The Labute approximate surface area is 382 Å². The molecule has 6 aromatic rings. The lowest BCUT2D eigenvalue weighted by molar-refractivity contribution is -0.396. The summed E-state index contributed by atoms with van der Waals surface area (Å²) in [5, 5.41) is 0. The molecule has 0 aliphatic carbocycles. The fourth-order valence-corrected chi connectivity index (χ4v) is 8.10. The van der Waals surface area contributed by atoms with E-state index in [2.05, 4.69) is 0 Å². The molecule has 0 spiro atoms. The van der Waals surface area contributed by atoms with E-state index in [1.54, 1.807) is 0 Å². The van der Waals surface area contributed by atoms with Crippen molar-refractivity contribution >= 4 is 0 Å². The molecule has 0 saturated carbocycles. The first-order valence-electron chi connectivity index (χ1n) is 20.5. The normalized spacial score (nSPS) is 13.9. The quantitative estimate of drug-likeness (QED) is 0.0616. The van der Waals surface area contributed by atoms with Gasteiger partial charge in [0.25, 0.3) is 0 Å². The van der Waals surface area contributed by atoms with Crippen molar-refractivity contribution in [3.05, 3.63) is 214 Å². The predicted molar refractivity (Wildman–Crippen MR) is 218 cm³/mol. The molecule has 0 unspecified atom stereocenters. The number of halogens is 18. The molecular formula is C50H36F18O. The maximum absolute atomic E-state index is 15.4. The molecule has 0 bridgehead atoms. The van der Waals surface area contributed by atoms with Gasteiger partial charge in [-0.25, -0.2) is 0 Å². The Hall–Kier alpha value is -5.98. The van der Waals surface area contributed by atoms with E-state index in [1.807, 2.05) is 0 Å². The molecule has 0 fully saturated rings. The van der Waals surface area contributed by atoms with Crippen LogP contribution in [0.2, 0.25) is 0 Å². The molecule has 0 aromatic heterocycles. The Morgan fingerprint density at radius 2 is 0.507 bits per heavy atom. The van der Waals surface area contributed by atoms with Crippen molar-refractivity contribution in [2.24, 2.45) is 0 Å². The van der Waals surface area contributed by atoms with Gasteiger partial charge < -0.3 is 4.74 Å². The van der Waals surface area contributed by atoms with Crippen LogP contribution in [0.15, 0.2) is 170 Å². The van der Waals surface area contributed by atoms with Gasteiger partial charge in [-0.3, -0.25) is 0 Å². The summed E-state index contributed by atoms with van der Waals surface area (Å²) in [6.07, 6.45) is -21.5. The summed E-state index contributed by atoms with van der Waals surface area (Å²) < 4.78 is 263.